The SMILES string of the molecule is COc1ccc2c(c1)[C@]1(COc3ccc4c(c3)OCO4)CNC[C@H]21. The Hall–Kier alpha value is -2.40. The Morgan fingerprint density at radius 2 is 2.00 bits per heavy atom. The van der Waals surface area contributed by atoms with E-state index in [4.69, 9.17) is 18.9 Å². The lowest BCUT2D eigenvalue weighted by molar-refractivity contribution is 0.173. The summed E-state index contributed by atoms with van der Waals surface area (Å²) in [7, 11) is 1.71. The highest BCUT2D eigenvalue weighted by molar-refractivity contribution is 5.56. The topological polar surface area (TPSA) is 49.0 Å². The second kappa shape index (κ2) is 5.05. The maximum absolute atomic E-state index is 6.15. The van der Waals surface area contributed by atoms with Crippen LogP contribution in [-0.2, 0) is 5.41 Å². The smallest absolute Gasteiger partial charge is 0.231 e. The number of nitrogens with one attached hydrogen (secondary N) is 1. The summed E-state index contributed by atoms with van der Waals surface area (Å²) in [4.78, 5) is 0. The van der Waals surface area contributed by atoms with Gasteiger partial charge < -0.3 is 24.3 Å². The van der Waals surface area contributed by atoms with Crippen LogP contribution in [0.1, 0.15) is 17.0 Å². The Morgan fingerprint density at radius 3 is 2.92 bits per heavy atom. The maximum Gasteiger partial charge on any atom is 0.231 e. The van der Waals surface area contributed by atoms with E-state index in [2.05, 4.69) is 17.4 Å². The molecule has 1 saturated heterocycles. The van der Waals surface area contributed by atoms with Gasteiger partial charge in [0, 0.05) is 25.1 Å². The van der Waals surface area contributed by atoms with Gasteiger partial charge in [0.2, 0.25) is 6.79 Å². The summed E-state index contributed by atoms with van der Waals surface area (Å²) in [6.07, 6.45) is 0. The molecule has 0 aromatic heterocycles. The molecule has 3 aliphatic rings. The van der Waals surface area contributed by atoms with Crippen LogP contribution in [0.15, 0.2) is 36.4 Å². The maximum atomic E-state index is 6.15. The van der Waals surface area contributed by atoms with E-state index in [1.165, 1.54) is 11.1 Å². The lowest BCUT2D eigenvalue weighted by atomic mass is 9.58. The second-order valence-corrected chi connectivity index (χ2v) is 6.60. The molecule has 5 rings (SSSR count). The van der Waals surface area contributed by atoms with Crippen LogP contribution < -0.4 is 24.3 Å². The number of ether oxygens (including phenoxy) is 4. The van der Waals surface area contributed by atoms with E-state index in [0.29, 0.717) is 12.5 Å². The molecule has 0 unspecified atom stereocenters. The molecule has 1 fully saturated rings. The second-order valence-electron chi connectivity index (χ2n) is 6.60. The predicted octanol–water partition coefficient (Wildman–Crippen LogP) is 2.44. The van der Waals surface area contributed by atoms with Gasteiger partial charge >= 0.3 is 0 Å². The summed E-state index contributed by atoms with van der Waals surface area (Å²) in [6, 6.07) is 12.1. The normalized spacial score (nSPS) is 25.6. The van der Waals surface area contributed by atoms with Crippen molar-refractivity contribution in [3.8, 4) is 23.0 Å². The number of fused-ring (bicyclic) bond motifs is 5. The summed E-state index contributed by atoms with van der Waals surface area (Å²) < 4.78 is 22.3. The van der Waals surface area contributed by atoms with Crippen LogP contribution in [0.5, 0.6) is 23.0 Å². The van der Waals surface area contributed by atoms with Gasteiger partial charge in [-0.25, -0.2) is 0 Å². The fourth-order valence-electron chi connectivity index (χ4n) is 4.18. The van der Waals surface area contributed by atoms with Crippen LogP contribution in [0.25, 0.3) is 0 Å². The average molecular weight is 325 g/mol. The molecule has 2 aromatic carbocycles. The Kier molecular flexibility index (Phi) is 2.94. The van der Waals surface area contributed by atoms with Crippen molar-refractivity contribution in [1.82, 2.24) is 5.32 Å². The van der Waals surface area contributed by atoms with Crippen molar-refractivity contribution >= 4 is 0 Å². The lowest BCUT2D eigenvalue weighted by Crippen LogP contribution is -2.48. The van der Waals surface area contributed by atoms with Gasteiger partial charge in [-0.15, -0.1) is 0 Å². The molecule has 2 aromatic rings. The van der Waals surface area contributed by atoms with E-state index in [1.807, 2.05) is 24.3 Å². The van der Waals surface area contributed by atoms with Gasteiger partial charge in [0.25, 0.3) is 0 Å². The van der Waals surface area contributed by atoms with Gasteiger partial charge in [0.15, 0.2) is 11.5 Å². The molecule has 2 atom stereocenters. The van der Waals surface area contributed by atoms with Crippen LogP contribution in [0.3, 0.4) is 0 Å². The molecule has 2 aliphatic heterocycles. The van der Waals surface area contributed by atoms with Gasteiger partial charge in [0.05, 0.1) is 19.1 Å². The van der Waals surface area contributed by atoms with Crippen LogP contribution in [0, 0.1) is 0 Å². The number of methoxy groups -OCH3 is 1. The fraction of sp³-hybridized carbons (Fsp3) is 0.368. The molecular weight excluding hydrogens is 306 g/mol. The Labute approximate surface area is 140 Å². The average Bonchev–Trinajstić information content (AvgIpc) is 3.22. The number of rotatable bonds is 4. The molecule has 0 radical (unpaired) electrons. The first-order valence-electron chi connectivity index (χ1n) is 8.22. The zero-order valence-electron chi connectivity index (χ0n) is 13.5. The van der Waals surface area contributed by atoms with Crippen LogP contribution >= 0.6 is 0 Å². The Morgan fingerprint density at radius 1 is 1.12 bits per heavy atom. The molecule has 0 amide bonds. The number of benzene rings is 2. The minimum atomic E-state index is 0.0280. The van der Waals surface area contributed by atoms with Crippen molar-refractivity contribution < 1.29 is 18.9 Å². The monoisotopic (exact) mass is 325 g/mol. The first-order valence-corrected chi connectivity index (χ1v) is 8.22. The molecule has 0 saturated carbocycles. The van der Waals surface area contributed by atoms with Crippen molar-refractivity contribution in [2.24, 2.45) is 0 Å². The lowest BCUT2D eigenvalue weighted by Gasteiger charge is -2.46. The third-order valence-electron chi connectivity index (χ3n) is 5.47. The summed E-state index contributed by atoms with van der Waals surface area (Å²) >= 11 is 0. The van der Waals surface area contributed by atoms with Crippen LogP contribution in [0.4, 0.5) is 0 Å². The van der Waals surface area contributed by atoms with Gasteiger partial charge in [-0.3, -0.25) is 0 Å². The molecule has 1 N–H and O–H groups in total. The van der Waals surface area contributed by atoms with E-state index >= 15 is 0 Å². The van der Waals surface area contributed by atoms with Crippen LogP contribution in [-0.4, -0.2) is 33.6 Å². The van der Waals surface area contributed by atoms with Crippen molar-refractivity contribution in [2.45, 2.75) is 11.3 Å². The molecule has 5 nitrogen and oxygen atoms in total. The molecule has 5 heteroatoms. The van der Waals surface area contributed by atoms with E-state index in [-0.39, 0.29) is 12.2 Å². The van der Waals surface area contributed by atoms with Crippen molar-refractivity contribution in [1.29, 1.82) is 0 Å². The van der Waals surface area contributed by atoms with Crippen molar-refractivity contribution in [2.75, 3.05) is 33.6 Å². The highest BCUT2D eigenvalue weighted by Crippen LogP contribution is 2.54. The van der Waals surface area contributed by atoms with Crippen LogP contribution in [0.2, 0.25) is 0 Å². The first kappa shape index (κ1) is 14.0. The fourth-order valence-corrected chi connectivity index (χ4v) is 4.18. The number of hydrogen-bond donors (Lipinski definition) is 1. The van der Waals surface area contributed by atoms with Crippen molar-refractivity contribution in [3.63, 3.8) is 0 Å². The van der Waals surface area contributed by atoms with Crippen molar-refractivity contribution in [3.05, 3.63) is 47.5 Å². The zero-order valence-corrected chi connectivity index (χ0v) is 13.5. The minimum absolute atomic E-state index is 0.0280. The highest BCUT2D eigenvalue weighted by Gasteiger charge is 2.55. The summed E-state index contributed by atoms with van der Waals surface area (Å²) in [5, 5.41) is 3.52. The highest BCUT2D eigenvalue weighted by atomic mass is 16.7. The summed E-state index contributed by atoms with van der Waals surface area (Å²) in [5.74, 6) is 3.76. The quantitative estimate of drug-likeness (QED) is 0.936. The number of hydrogen-bond acceptors (Lipinski definition) is 5. The Bertz CT molecular complexity index is 806. The van der Waals surface area contributed by atoms with E-state index < -0.39 is 0 Å². The summed E-state index contributed by atoms with van der Waals surface area (Å²) in [5.41, 5.74) is 2.79. The molecule has 124 valence electrons. The molecule has 0 spiro atoms. The minimum Gasteiger partial charge on any atom is -0.497 e. The third kappa shape index (κ3) is 1.85. The van der Waals surface area contributed by atoms with E-state index in [0.717, 1.165) is 36.1 Å². The standard InChI is InChI=1S/C19H19NO4/c1-21-12-2-4-14-15(6-12)19(9-20-8-16(14)19)10-22-13-3-5-17-18(7-13)24-11-23-17/h2-7,16,20H,8-11H2,1H3/t16-,19-/m1/s1. The molecular formula is C19H19NO4. The zero-order chi connectivity index (χ0) is 16.1. The first-order chi connectivity index (χ1) is 11.8. The summed E-state index contributed by atoms with van der Waals surface area (Å²) in [6.45, 7) is 2.86. The van der Waals surface area contributed by atoms with E-state index in [1.54, 1.807) is 7.11 Å². The predicted molar refractivity (Wildman–Crippen MR) is 88.3 cm³/mol. The Balaban J connectivity index is 1.41. The molecule has 24 heavy (non-hydrogen) atoms. The van der Waals surface area contributed by atoms with Gasteiger partial charge in [-0.05, 0) is 35.4 Å². The largest absolute Gasteiger partial charge is 0.497 e. The van der Waals surface area contributed by atoms with E-state index in [9.17, 15) is 0 Å². The van der Waals surface area contributed by atoms with Gasteiger partial charge in [-0.1, -0.05) is 6.07 Å². The molecule has 0 bridgehead atoms. The third-order valence-corrected chi connectivity index (χ3v) is 5.47. The molecule has 2 heterocycles. The van der Waals surface area contributed by atoms with Gasteiger partial charge in [-0.2, -0.15) is 0 Å². The van der Waals surface area contributed by atoms with Gasteiger partial charge in [0.1, 0.15) is 11.5 Å². The molecule has 1 aliphatic carbocycles.